The summed E-state index contributed by atoms with van der Waals surface area (Å²) in [7, 11) is 0. The fourth-order valence-electron chi connectivity index (χ4n) is 3.15. The zero-order valence-electron chi connectivity index (χ0n) is 11.6. The summed E-state index contributed by atoms with van der Waals surface area (Å²) >= 11 is 3.62. The number of likely N-dealkylation sites (tertiary alicyclic amines) is 1. The van der Waals surface area contributed by atoms with Crippen molar-refractivity contribution in [3.05, 3.63) is 34.3 Å². The zero-order valence-corrected chi connectivity index (χ0v) is 13.2. The Hall–Kier alpha value is -0.870. The Morgan fingerprint density at radius 1 is 1.25 bits per heavy atom. The number of carbonyl (C=O) groups excluding carboxylic acids is 1. The van der Waals surface area contributed by atoms with Gasteiger partial charge in [-0.3, -0.25) is 4.79 Å². The second kappa shape index (κ2) is 6.27. The number of halogens is 1. The van der Waals surface area contributed by atoms with E-state index in [0.717, 1.165) is 25.9 Å². The molecule has 1 saturated heterocycles. The van der Waals surface area contributed by atoms with Gasteiger partial charge in [-0.1, -0.05) is 34.1 Å². The monoisotopic (exact) mass is 336 g/mol. The molecule has 3 rings (SSSR count). The van der Waals surface area contributed by atoms with E-state index in [-0.39, 0.29) is 5.91 Å². The van der Waals surface area contributed by atoms with Crippen molar-refractivity contribution < 1.29 is 4.79 Å². The summed E-state index contributed by atoms with van der Waals surface area (Å²) in [6.07, 6.45) is 4.60. The van der Waals surface area contributed by atoms with Crippen LogP contribution < -0.4 is 5.32 Å². The van der Waals surface area contributed by atoms with Gasteiger partial charge in [0.15, 0.2) is 0 Å². The van der Waals surface area contributed by atoms with Crippen molar-refractivity contribution in [2.75, 3.05) is 19.6 Å². The molecule has 1 aromatic rings. The highest BCUT2D eigenvalue weighted by Gasteiger charge is 2.31. The highest BCUT2D eigenvalue weighted by Crippen LogP contribution is 2.39. The van der Waals surface area contributed by atoms with Crippen LogP contribution in [-0.4, -0.2) is 36.5 Å². The third-order valence-electron chi connectivity index (χ3n) is 4.48. The van der Waals surface area contributed by atoms with Crippen molar-refractivity contribution in [1.82, 2.24) is 10.2 Å². The SMILES string of the molecule is O=C(CNC1CC(c2ccccc2Br)C1)N1CCCC1. The van der Waals surface area contributed by atoms with Crippen LogP contribution in [0, 0.1) is 0 Å². The molecule has 2 aliphatic rings. The molecular formula is C16H21BrN2O. The number of hydrogen-bond donors (Lipinski definition) is 1. The Morgan fingerprint density at radius 2 is 1.95 bits per heavy atom. The van der Waals surface area contributed by atoms with Gasteiger partial charge in [-0.2, -0.15) is 0 Å². The van der Waals surface area contributed by atoms with Crippen LogP contribution in [0.1, 0.15) is 37.2 Å². The highest BCUT2D eigenvalue weighted by atomic mass is 79.9. The van der Waals surface area contributed by atoms with Crippen molar-refractivity contribution in [3.8, 4) is 0 Å². The average Bonchev–Trinajstić information content (AvgIpc) is 2.92. The van der Waals surface area contributed by atoms with Crippen molar-refractivity contribution in [2.45, 2.75) is 37.6 Å². The molecule has 20 heavy (non-hydrogen) atoms. The first-order chi connectivity index (χ1) is 9.74. The fraction of sp³-hybridized carbons (Fsp3) is 0.562. The summed E-state index contributed by atoms with van der Waals surface area (Å²) in [6, 6.07) is 8.94. The van der Waals surface area contributed by atoms with E-state index in [2.05, 4.69) is 45.5 Å². The predicted molar refractivity (Wildman–Crippen MR) is 83.7 cm³/mol. The minimum absolute atomic E-state index is 0.270. The van der Waals surface area contributed by atoms with E-state index < -0.39 is 0 Å². The number of hydrogen-bond acceptors (Lipinski definition) is 2. The topological polar surface area (TPSA) is 32.3 Å². The van der Waals surface area contributed by atoms with E-state index in [9.17, 15) is 4.79 Å². The lowest BCUT2D eigenvalue weighted by atomic mass is 9.76. The summed E-state index contributed by atoms with van der Waals surface area (Å²) < 4.78 is 1.21. The lowest BCUT2D eigenvalue weighted by molar-refractivity contribution is -0.129. The van der Waals surface area contributed by atoms with Crippen LogP contribution in [0.2, 0.25) is 0 Å². The quantitative estimate of drug-likeness (QED) is 0.916. The lowest BCUT2D eigenvalue weighted by Crippen LogP contribution is -2.45. The second-order valence-corrected chi connectivity index (χ2v) is 6.71. The Bertz CT molecular complexity index is 479. The van der Waals surface area contributed by atoms with Crippen LogP contribution in [0.3, 0.4) is 0 Å². The molecule has 2 fully saturated rings. The van der Waals surface area contributed by atoms with Gasteiger partial charge in [-0.25, -0.2) is 0 Å². The molecule has 4 heteroatoms. The van der Waals surface area contributed by atoms with Gasteiger partial charge in [-0.15, -0.1) is 0 Å². The molecule has 0 atom stereocenters. The van der Waals surface area contributed by atoms with Gasteiger partial charge < -0.3 is 10.2 Å². The number of nitrogens with zero attached hydrogens (tertiary/aromatic N) is 1. The van der Waals surface area contributed by atoms with Crippen LogP contribution in [-0.2, 0) is 4.79 Å². The smallest absolute Gasteiger partial charge is 0.236 e. The van der Waals surface area contributed by atoms with Crippen LogP contribution in [0.25, 0.3) is 0 Å². The minimum Gasteiger partial charge on any atom is -0.342 e. The summed E-state index contributed by atoms with van der Waals surface area (Å²) in [5, 5.41) is 3.41. The van der Waals surface area contributed by atoms with Crippen LogP contribution in [0.15, 0.2) is 28.7 Å². The Morgan fingerprint density at radius 3 is 2.65 bits per heavy atom. The molecule has 1 N–H and O–H groups in total. The first kappa shape index (κ1) is 14.1. The van der Waals surface area contributed by atoms with Crippen LogP contribution >= 0.6 is 15.9 Å². The largest absolute Gasteiger partial charge is 0.342 e. The highest BCUT2D eigenvalue weighted by molar-refractivity contribution is 9.10. The standard InChI is InChI=1S/C16H21BrN2O/c17-15-6-2-1-5-14(15)12-9-13(10-12)18-11-16(20)19-7-3-4-8-19/h1-2,5-6,12-13,18H,3-4,7-11H2. The van der Waals surface area contributed by atoms with Gasteiger partial charge in [-0.05, 0) is 43.2 Å². The number of rotatable bonds is 4. The number of benzene rings is 1. The molecule has 108 valence electrons. The van der Waals surface area contributed by atoms with Gasteiger partial charge in [0.25, 0.3) is 0 Å². The first-order valence-electron chi connectivity index (χ1n) is 7.49. The maximum Gasteiger partial charge on any atom is 0.236 e. The van der Waals surface area contributed by atoms with Gasteiger partial charge >= 0.3 is 0 Å². The molecule has 0 radical (unpaired) electrons. The molecule has 1 aliphatic carbocycles. The molecule has 0 unspecified atom stereocenters. The summed E-state index contributed by atoms with van der Waals surface area (Å²) in [5.74, 6) is 0.900. The number of carbonyl (C=O) groups is 1. The van der Waals surface area contributed by atoms with Crippen LogP contribution in [0.5, 0.6) is 0 Å². The molecule has 0 bridgehead atoms. The maximum atomic E-state index is 12.0. The van der Waals surface area contributed by atoms with Crippen molar-refractivity contribution >= 4 is 21.8 Å². The third kappa shape index (κ3) is 3.07. The second-order valence-electron chi connectivity index (χ2n) is 5.86. The van der Waals surface area contributed by atoms with E-state index in [0.29, 0.717) is 18.5 Å². The van der Waals surface area contributed by atoms with Crippen molar-refractivity contribution in [3.63, 3.8) is 0 Å². The maximum absolute atomic E-state index is 12.0. The molecule has 1 amide bonds. The Balaban J connectivity index is 1.42. The van der Waals surface area contributed by atoms with E-state index in [1.807, 2.05) is 4.90 Å². The first-order valence-corrected chi connectivity index (χ1v) is 8.29. The molecule has 1 saturated carbocycles. The van der Waals surface area contributed by atoms with E-state index in [4.69, 9.17) is 0 Å². The van der Waals surface area contributed by atoms with Crippen LogP contribution in [0.4, 0.5) is 0 Å². The third-order valence-corrected chi connectivity index (χ3v) is 5.21. The van der Waals surface area contributed by atoms with Crippen molar-refractivity contribution in [1.29, 1.82) is 0 Å². The fourth-order valence-corrected chi connectivity index (χ4v) is 3.76. The Kier molecular flexibility index (Phi) is 4.41. The van der Waals surface area contributed by atoms with E-state index in [1.165, 1.54) is 22.9 Å². The summed E-state index contributed by atoms with van der Waals surface area (Å²) in [6.45, 7) is 2.41. The molecule has 0 spiro atoms. The molecule has 1 aliphatic heterocycles. The molecular weight excluding hydrogens is 316 g/mol. The van der Waals surface area contributed by atoms with E-state index >= 15 is 0 Å². The molecule has 1 aromatic carbocycles. The van der Waals surface area contributed by atoms with Gasteiger partial charge in [0.2, 0.25) is 5.91 Å². The predicted octanol–water partition coefficient (Wildman–Crippen LogP) is 2.91. The summed E-state index contributed by atoms with van der Waals surface area (Å²) in [5.41, 5.74) is 1.40. The minimum atomic E-state index is 0.270. The number of amides is 1. The van der Waals surface area contributed by atoms with E-state index in [1.54, 1.807) is 0 Å². The molecule has 0 aromatic heterocycles. The average molecular weight is 337 g/mol. The Labute approximate surface area is 128 Å². The van der Waals surface area contributed by atoms with Crippen molar-refractivity contribution in [2.24, 2.45) is 0 Å². The molecule has 3 nitrogen and oxygen atoms in total. The zero-order chi connectivity index (χ0) is 13.9. The number of nitrogens with one attached hydrogen (secondary N) is 1. The van der Waals surface area contributed by atoms with Gasteiger partial charge in [0, 0.05) is 23.6 Å². The molecule has 1 heterocycles. The van der Waals surface area contributed by atoms with Gasteiger partial charge in [0.1, 0.15) is 0 Å². The lowest BCUT2D eigenvalue weighted by Gasteiger charge is -2.37. The normalized spacial score (nSPS) is 25.6. The summed E-state index contributed by atoms with van der Waals surface area (Å²) in [4.78, 5) is 13.9. The van der Waals surface area contributed by atoms with Gasteiger partial charge in [0.05, 0.1) is 6.54 Å².